The van der Waals surface area contributed by atoms with Crippen LogP contribution >= 0.6 is 11.3 Å². The Labute approximate surface area is 97.8 Å². The van der Waals surface area contributed by atoms with Gasteiger partial charge in [0, 0.05) is 24.1 Å². The molecular weight excluding hydrogens is 222 g/mol. The van der Waals surface area contributed by atoms with Crippen molar-refractivity contribution >= 4 is 23.0 Å². The zero-order chi connectivity index (χ0) is 11.4. The van der Waals surface area contributed by atoms with Crippen LogP contribution in [0.3, 0.4) is 0 Å². The summed E-state index contributed by atoms with van der Waals surface area (Å²) in [6, 6.07) is 1.73. The lowest BCUT2D eigenvalue weighted by Crippen LogP contribution is -2.05. The van der Waals surface area contributed by atoms with Crippen LogP contribution in [0, 0.1) is 0 Å². The van der Waals surface area contributed by atoms with Crippen LogP contribution in [0.1, 0.15) is 17.8 Å². The minimum atomic E-state index is 0.494. The SMILES string of the molecule is CCc1nc(N)cc(NCc2nccs2)n1. The van der Waals surface area contributed by atoms with E-state index in [1.807, 2.05) is 12.3 Å². The number of hydrogen-bond acceptors (Lipinski definition) is 6. The molecule has 2 rings (SSSR count). The molecule has 2 aromatic heterocycles. The first-order chi connectivity index (χ1) is 7.78. The molecule has 0 fully saturated rings. The number of aryl methyl sites for hydroxylation is 1. The van der Waals surface area contributed by atoms with E-state index in [1.165, 1.54) is 0 Å². The lowest BCUT2D eigenvalue weighted by atomic mass is 10.4. The summed E-state index contributed by atoms with van der Waals surface area (Å²) in [5.41, 5.74) is 5.68. The number of nitrogens with one attached hydrogen (secondary N) is 1. The summed E-state index contributed by atoms with van der Waals surface area (Å²) in [5.74, 6) is 2.00. The molecule has 0 saturated heterocycles. The normalized spacial score (nSPS) is 10.3. The first-order valence-corrected chi connectivity index (χ1v) is 5.91. The minimum Gasteiger partial charge on any atom is -0.384 e. The average Bonchev–Trinajstić information content (AvgIpc) is 2.78. The molecule has 0 spiro atoms. The summed E-state index contributed by atoms with van der Waals surface area (Å²) in [6.07, 6.45) is 2.56. The number of thiazole rings is 1. The Morgan fingerprint density at radius 3 is 3.00 bits per heavy atom. The highest BCUT2D eigenvalue weighted by atomic mass is 32.1. The molecule has 2 heterocycles. The van der Waals surface area contributed by atoms with Crippen molar-refractivity contribution in [3.8, 4) is 0 Å². The minimum absolute atomic E-state index is 0.494. The van der Waals surface area contributed by atoms with Gasteiger partial charge in [-0.25, -0.2) is 15.0 Å². The zero-order valence-electron chi connectivity index (χ0n) is 8.97. The Hall–Kier alpha value is -1.69. The van der Waals surface area contributed by atoms with Crippen molar-refractivity contribution in [2.24, 2.45) is 0 Å². The van der Waals surface area contributed by atoms with Gasteiger partial charge in [-0.2, -0.15) is 0 Å². The van der Waals surface area contributed by atoms with Crippen LogP contribution in [-0.2, 0) is 13.0 Å². The highest BCUT2D eigenvalue weighted by Crippen LogP contribution is 2.11. The zero-order valence-corrected chi connectivity index (χ0v) is 9.79. The molecular formula is C10H13N5S. The lowest BCUT2D eigenvalue weighted by molar-refractivity contribution is 0.936. The number of rotatable bonds is 4. The van der Waals surface area contributed by atoms with Gasteiger partial charge in [0.2, 0.25) is 0 Å². The Morgan fingerprint density at radius 1 is 1.44 bits per heavy atom. The monoisotopic (exact) mass is 235 g/mol. The van der Waals surface area contributed by atoms with E-state index in [1.54, 1.807) is 23.6 Å². The Bertz CT molecular complexity index is 454. The summed E-state index contributed by atoms with van der Waals surface area (Å²) >= 11 is 1.61. The van der Waals surface area contributed by atoms with Gasteiger partial charge in [-0.05, 0) is 0 Å². The van der Waals surface area contributed by atoms with Crippen LogP contribution in [-0.4, -0.2) is 15.0 Å². The fraction of sp³-hybridized carbons (Fsp3) is 0.300. The van der Waals surface area contributed by atoms with Gasteiger partial charge in [0.1, 0.15) is 22.5 Å². The Kier molecular flexibility index (Phi) is 3.31. The van der Waals surface area contributed by atoms with Gasteiger partial charge in [-0.3, -0.25) is 0 Å². The third-order valence-electron chi connectivity index (χ3n) is 2.01. The molecule has 0 aliphatic carbocycles. The molecule has 5 nitrogen and oxygen atoms in total. The average molecular weight is 235 g/mol. The summed E-state index contributed by atoms with van der Waals surface area (Å²) in [4.78, 5) is 12.6. The van der Waals surface area contributed by atoms with Crippen LogP contribution in [0.4, 0.5) is 11.6 Å². The standard InChI is InChI=1S/C10H13N5S/c1-2-8-14-7(11)5-9(15-8)13-6-10-12-3-4-16-10/h3-5H,2,6H2,1H3,(H3,11,13,14,15). The topological polar surface area (TPSA) is 76.7 Å². The van der Waals surface area contributed by atoms with Gasteiger partial charge in [-0.15, -0.1) is 11.3 Å². The molecule has 0 bridgehead atoms. The summed E-state index contributed by atoms with van der Waals surface area (Å²) < 4.78 is 0. The van der Waals surface area contributed by atoms with E-state index >= 15 is 0 Å². The van der Waals surface area contributed by atoms with Crippen molar-refractivity contribution in [3.63, 3.8) is 0 Å². The molecule has 6 heteroatoms. The number of aromatic nitrogens is 3. The number of nitrogens with zero attached hydrogens (tertiary/aromatic N) is 3. The first kappa shape index (κ1) is 10.8. The smallest absolute Gasteiger partial charge is 0.132 e. The summed E-state index contributed by atoms with van der Waals surface area (Å²) in [5, 5.41) is 6.15. The van der Waals surface area contributed by atoms with Gasteiger partial charge in [-0.1, -0.05) is 6.92 Å². The summed E-state index contributed by atoms with van der Waals surface area (Å²) in [6.45, 7) is 2.66. The molecule has 0 unspecified atom stereocenters. The lowest BCUT2D eigenvalue weighted by Gasteiger charge is -2.05. The van der Waals surface area contributed by atoms with Crippen molar-refractivity contribution in [3.05, 3.63) is 28.5 Å². The van der Waals surface area contributed by atoms with E-state index in [2.05, 4.69) is 20.3 Å². The summed E-state index contributed by atoms with van der Waals surface area (Å²) in [7, 11) is 0. The molecule has 0 saturated carbocycles. The molecule has 0 aromatic carbocycles. The van der Waals surface area contributed by atoms with Gasteiger partial charge in [0.15, 0.2) is 0 Å². The molecule has 2 aromatic rings. The number of hydrogen-bond donors (Lipinski definition) is 2. The second-order valence-electron chi connectivity index (χ2n) is 3.23. The van der Waals surface area contributed by atoms with Crippen molar-refractivity contribution in [2.75, 3.05) is 11.1 Å². The highest BCUT2D eigenvalue weighted by molar-refractivity contribution is 7.09. The Balaban J connectivity index is 2.06. The van der Waals surface area contributed by atoms with E-state index in [4.69, 9.17) is 5.73 Å². The predicted molar refractivity (Wildman–Crippen MR) is 65.3 cm³/mol. The molecule has 84 valence electrons. The molecule has 0 amide bonds. The largest absolute Gasteiger partial charge is 0.384 e. The van der Waals surface area contributed by atoms with Crippen LogP contribution in [0.15, 0.2) is 17.6 Å². The molecule has 16 heavy (non-hydrogen) atoms. The van der Waals surface area contributed by atoms with Gasteiger partial charge in [0.05, 0.1) is 6.54 Å². The number of nitrogen functional groups attached to an aromatic ring is 1. The second kappa shape index (κ2) is 4.89. The van der Waals surface area contributed by atoms with Crippen molar-refractivity contribution in [1.82, 2.24) is 15.0 Å². The van der Waals surface area contributed by atoms with Gasteiger partial charge in [0.25, 0.3) is 0 Å². The van der Waals surface area contributed by atoms with Crippen molar-refractivity contribution in [1.29, 1.82) is 0 Å². The van der Waals surface area contributed by atoms with E-state index in [-0.39, 0.29) is 0 Å². The maximum atomic E-state index is 5.68. The quantitative estimate of drug-likeness (QED) is 0.843. The molecule has 0 aliphatic rings. The third-order valence-corrected chi connectivity index (χ3v) is 2.79. The van der Waals surface area contributed by atoms with Crippen LogP contribution in [0.5, 0.6) is 0 Å². The molecule has 0 radical (unpaired) electrons. The second-order valence-corrected chi connectivity index (χ2v) is 4.21. The van der Waals surface area contributed by atoms with E-state index in [0.29, 0.717) is 12.4 Å². The maximum Gasteiger partial charge on any atom is 0.132 e. The van der Waals surface area contributed by atoms with E-state index < -0.39 is 0 Å². The van der Waals surface area contributed by atoms with E-state index in [9.17, 15) is 0 Å². The third kappa shape index (κ3) is 2.66. The first-order valence-electron chi connectivity index (χ1n) is 5.03. The molecule has 0 aliphatic heterocycles. The van der Waals surface area contributed by atoms with Crippen LogP contribution in [0.25, 0.3) is 0 Å². The van der Waals surface area contributed by atoms with Crippen molar-refractivity contribution in [2.45, 2.75) is 19.9 Å². The molecule has 3 N–H and O–H groups in total. The van der Waals surface area contributed by atoms with E-state index in [0.717, 1.165) is 23.1 Å². The van der Waals surface area contributed by atoms with Crippen LogP contribution < -0.4 is 11.1 Å². The Morgan fingerprint density at radius 2 is 2.31 bits per heavy atom. The number of anilines is 2. The fourth-order valence-corrected chi connectivity index (χ4v) is 1.83. The molecule has 0 atom stereocenters. The highest BCUT2D eigenvalue weighted by Gasteiger charge is 2.01. The predicted octanol–water partition coefficient (Wildman–Crippen LogP) is 1.69. The fourth-order valence-electron chi connectivity index (χ4n) is 1.27. The number of nitrogens with two attached hydrogens (primary N) is 1. The maximum absolute atomic E-state index is 5.68. The van der Waals surface area contributed by atoms with Gasteiger partial charge < -0.3 is 11.1 Å². The van der Waals surface area contributed by atoms with Crippen molar-refractivity contribution < 1.29 is 0 Å². The van der Waals surface area contributed by atoms with Crippen LogP contribution in [0.2, 0.25) is 0 Å². The van der Waals surface area contributed by atoms with Gasteiger partial charge >= 0.3 is 0 Å².